The Morgan fingerprint density at radius 1 is 1.73 bits per heavy atom. The van der Waals surface area contributed by atoms with E-state index in [1.54, 1.807) is 6.92 Å². The van der Waals surface area contributed by atoms with Crippen molar-refractivity contribution >= 4 is 17.6 Å². The van der Waals surface area contributed by atoms with Gasteiger partial charge < -0.3 is 5.11 Å². The molecule has 1 atom stereocenters. The van der Waals surface area contributed by atoms with E-state index in [4.69, 9.17) is 16.7 Å². The first-order valence-electron chi connectivity index (χ1n) is 4.22. The smallest absolute Gasteiger partial charge is 0.328 e. The Morgan fingerprint density at radius 3 is 2.67 bits per heavy atom. The number of hydrogen-bond acceptors (Lipinski definition) is 2. The molecule has 0 saturated heterocycles. The zero-order valence-corrected chi connectivity index (χ0v) is 8.58. The number of rotatable bonds is 4. The van der Waals surface area contributed by atoms with Crippen LogP contribution in [0.2, 0.25) is 5.02 Å². The molecule has 0 radical (unpaired) electrons. The first-order chi connectivity index (χ1) is 6.97. The molecule has 0 aliphatic carbocycles. The standard InChI is InChI=1S/C8H9ClF2N2O2/c1-2-5(8(14)15)13-3-4(9)6(12-13)7(10)11/h3,5,7H,2H2,1H3,(H,14,15)/t5-/m1/s1. The summed E-state index contributed by atoms with van der Waals surface area (Å²) < 4.78 is 25.6. The number of alkyl halides is 2. The first-order valence-corrected chi connectivity index (χ1v) is 4.60. The highest BCUT2D eigenvalue weighted by Gasteiger charge is 2.23. The van der Waals surface area contributed by atoms with E-state index in [1.807, 2.05) is 0 Å². The number of carbonyl (C=O) groups is 1. The molecule has 15 heavy (non-hydrogen) atoms. The second kappa shape index (κ2) is 4.57. The number of carboxylic acid groups (broad SMARTS) is 1. The van der Waals surface area contributed by atoms with Crippen molar-refractivity contribution in [2.45, 2.75) is 25.8 Å². The van der Waals surface area contributed by atoms with Crippen LogP contribution in [-0.4, -0.2) is 20.9 Å². The second-order valence-corrected chi connectivity index (χ2v) is 3.31. The molecule has 0 saturated carbocycles. The summed E-state index contributed by atoms with van der Waals surface area (Å²) in [6.07, 6.45) is -1.45. The fourth-order valence-electron chi connectivity index (χ4n) is 1.17. The quantitative estimate of drug-likeness (QED) is 0.877. The second-order valence-electron chi connectivity index (χ2n) is 2.91. The van der Waals surface area contributed by atoms with Gasteiger partial charge in [0, 0.05) is 6.20 Å². The normalized spacial score (nSPS) is 13.1. The maximum Gasteiger partial charge on any atom is 0.328 e. The van der Waals surface area contributed by atoms with Gasteiger partial charge in [0.25, 0.3) is 6.43 Å². The van der Waals surface area contributed by atoms with Crippen LogP contribution in [-0.2, 0) is 4.79 Å². The van der Waals surface area contributed by atoms with E-state index in [0.29, 0.717) is 0 Å². The molecule has 0 spiro atoms. The fourth-order valence-corrected chi connectivity index (χ4v) is 1.39. The van der Waals surface area contributed by atoms with Crippen LogP contribution in [0.1, 0.15) is 31.5 Å². The Bertz CT molecular complexity index is 368. The molecule has 0 aliphatic rings. The number of carboxylic acids is 1. The minimum Gasteiger partial charge on any atom is -0.480 e. The molecule has 0 amide bonds. The predicted molar refractivity (Wildman–Crippen MR) is 49.2 cm³/mol. The topological polar surface area (TPSA) is 55.1 Å². The highest BCUT2D eigenvalue weighted by molar-refractivity contribution is 6.31. The Hall–Kier alpha value is -1.17. The molecular formula is C8H9ClF2N2O2. The Labute approximate surface area is 89.5 Å². The van der Waals surface area contributed by atoms with Crippen LogP contribution in [0.3, 0.4) is 0 Å². The number of aromatic nitrogens is 2. The van der Waals surface area contributed by atoms with Crippen LogP contribution in [0.15, 0.2) is 6.20 Å². The average Bonchev–Trinajstić information content (AvgIpc) is 2.48. The SMILES string of the molecule is CC[C@H](C(=O)O)n1cc(Cl)c(C(F)F)n1. The van der Waals surface area contributed by atoms with Gasteiger partial charge in [0.05, 0.1) is 5.02 Å². The van der Waals surface area contributed by atoms with Crippen LogP contribution in [0.4, 0.5) is 8.78 Å². The van der Waals surface area contributed by atoms with E-state index in [9.17, 15) is 13.6 Å². The van der Waals surface area contributed by atoms with Gasteiger partial charge in [-0.2, -0.15) is 5.10 Å². The van der Waals surface area contributed by atoms with Crippen molar-refractivity contribution in [3.05, 3.63) is 16.9 Å². The summed E-state index contributed by atoms with van der Waals surface area (Å²) in [4.78, 5) is 10.7. The summed E-state index contributed by atoms with van der Waals surface area (Å²) in [6, 6.07) is -0.963. The lowest BCUT2D eigenvalue weighted by atomic mass is 10.2. The molecule has 4 nitrogen and oxygen atoms in total. The minimum atomic E-state index is -2.80. The molecule has 84 valence electrons. The van der Waals surface area contributed by atoms with Gasteiger partial charge in [0.15, 0.2) is 0 Å². The van der Waals surface area contributed by atoms with Crippen LogP contribution >= 0.6 is 11.6 Å². The molecule has 1 N–H and O–H groups in total. The number of halogens is 3. The molecule has 7 heteroatoms. The highest BCUT2D eigenvalue weighted by atomic mass is 35.5. The number of aliphatic carboxylic acids is 1. The zero-order chi connectivity index (χ0) is 11.6. The van der Waals surface area contributed by atoms with Gasteiger partial charge in [-0.15, -0.1) is 0 Å². The molecule has 0 unspecified atom stereocenters. The van der Waals surface area contributed by atoms with Crippen molar-refractivity contribution in [3.63, 3.8) is 0 Å². The molecule has 1 aromatic heterocycles. The van der Waals surface area contributed by atoms with Crippen molar-refractivity contribution in [2.24, 2.45) is 0 Å². The van der Waals surface area contributed by atoms with Crippen molar-refractivity contribution in [2.75, 3.05) is 0 Å². The monoisotopic (exact) mass is 238 g/mol. The molecule has 0 bridgehead atoms. The molecule has 1 aromatic rings. The Kier molecular flexibility index (Phi) is 3.62. The third-order valence-electron chi connectivity index (χ3n) is 1.91. The van der Waals surface area contributed by atoms with Gasteiger partial charge in [0.1, 0.15) is 11.7 Å². The third kappa shape index (κ3) is 2.44. The summed E-state index contributed by atoms with van der Waals surface area (Å²) in [5, 5.41) is 12.0. The van der Waals surface area contributed by atoms with Gasteiger partial charge in [0.2, 0.25) is 0 Å². The summed E-state index contributed by atoms with van der Waals surface area (Å²) in [7, 11) is 0. The number of hydrogen-bond donors (Lipinski definition) is 1. The van der Waals surface area contributed by atoms with E-state index in [2.05, 4.69) is 5.10 Å². The third-order valence-corrected chi connectivity index (χ3v) is 2.20. The highest BCUT2D eigenvalue weighted by Crippen LogP contribution is 2.26. The minimum absolute atomic E-state index is 0.218. The summed E-state index contributed by atoms with van der Waals surface area (Å²) >= 11 is 5.49. The summed E-state index contributed by atoms with van der Waals surface area (Å²) in [6.45, 7) is 1.62. The fraction of sp³-hybridized carbons (Fsp3) is 0.500. The van der Waals surface area contributed by atoms with Crippen molar-refractivity contribution in [1.29, 1.82) is 0 Å². The number of nitrogens with zero attached hydrogens (tertiary/aromatic N) is 2. The predicted octanol–water partition coefficient (Wildman–Crippen LogP) is 2.51. The van der Waals surface area contributed by atoms with Crippen LogP contribution in [0.25, 0.3) is 0 Å². The Morgan fingerprint density at radius 2 is 2.33 bits per heavy atom. The van der Waals surface area contributed by atoms with E-state index < -0.39 is 24.1 Å². The lowest BCUT2D eigenvalue weighted by Crippen LogP contribution is -2.18. The summed E-state index contributed by atoms with van der Waals surface area (Å²) in [5.74, 6) is -1.13. The Balaban J connectivity index is 3.05. The van der Waals surface area contributed by atoms with Crippen molar-refractivity contribution in [1.82, 2.24) is 9.78 Å². The summed E-state index contributed by atoms with van der Waals surface area (Å²) in [5.41, 5.74) is -0.587. The average molecular weight is 239 g/mol. The largest absolute Gasteiger partial charge is 0.480 e. The van der Waals surface area contributed by atoms with Gasteiger partial charge in [-0.3, -0.25) is 4.68 Å². The molecule has 0 fully saturated rings. The molecule has 1 heterocycles. The van der Waals surface area contributed by atoms with E-state index in [1.165, 1.54) is 0 Å². The molecule has 0 aromatic carbocycles. The lowest BCUT2D eigenvalue weighted by molar-refractivity contribution is -0.141. The maximum absolute atomic E-state index is 12.3. The van der Waals surface area contributed by atoms with E-state index in [-0.39, 0.29) is 11.4 Å². The molecule has 1 rings (SSSR count). The van der Waals surface area contributed by atoms with E-state index >= 15 is 0 Å². The molecular weight excluding hydrogens is 230 g/mol. The van der Waals surface area contributed by atoms with Gasteiger partial charge >= 0.3 is 5.97 Å². The van der Waals surface area contributed by atoms with Crippen molar-refractivity contribution in [3.8, 4) is 0 Å². The van der Waals surface area contributed by atoms with Gasteiger partial charge in [-0.25, -0.2) is 13.6 Å². The lowest BCUT2D eigenvalue weighted by Gasteiger charge is -2.09. The van der Waals surface area contributed by atoms with Crippen LogP contribution in [0, 0.1) is 0 Å². The van der Waals surface area contributed by atoms with Gasteiger partial charge in [-0.05, 0) is 6.42 Å². The van der Waals surface area contributed by atoms with Gasteiger partial charge in [-0.1, -0.05) is 18.5 Å². The maximum atomic E-state index is 12.3. The van der Waals surface area contributed by atoms with E-state index in [0.717, 1.165) is 10.9 Å². The first kappa shape index (κ1) is 11.9. The zero-order valence-electron chi connectivity index (χ0n) is 7.82. The van der Waals surface area contributed by atoms with Crippen molar-refractivity contribution < 1.29 is 18.7 Å². The van der Waals surface area contributed by atoms with Crippen LogP contribution < -0.4 is 0 Å². The van der Waals surface area contributed by atoms with Crippen LogP contribution in [0.5, 0.6) is 0 Å². The molecule has 0 aliphatic heterocycles.